The number of carbonyl (C=O) groups excluding carboxylic acids is 2. The number of ether oxygens (including phenoxy) is 2. The molecule has 0 aliphatic heterocycles. The molecule has 0 saturated carbocycles. The maximum Gasteiger partial charge on any atom is 0.342 e. The third-order valence-corrected chi connectivity index (χ3v) is 3.86. The van der Waals surface area contributed by atoms with Crippen LogP contribution in [0.2, 0.25) is 0 Å². The molecule has 0 saturated heterocycles. The largest absolute Gasteiger partial charge is 0.496 e. The van der Waals surface area contributed by atoms with Gasteiger partial charge in [0.15, 0.2) is 6.10 Å². The van der Waals surface area contributed by atoms with Crippen LogP contribution in [-0.4, -0.2) is 25.1 Å². The third kappa shape index (κ3) is 4.83. The fraction of sp³-hybridized carbons (Fsp3) is 0.300. The van der Waals surface area contributed by atoms with Gasteiger partial charge in [-0.3, -0.25) is 4.79 Å². The summed E-state index contributed by atoms with van der Waals surface area (Å²) < 4.78 is 10.5. The maximum atomic E-state index is 12.3. The van der Waals surface area contributed by atoms with E-state index in [0.29, 0.717) is 17.0 Å². The Morgan fingerprint density at radius 3 is 2.40 bits per heavy atom. The smallest absolute Gasteiger partial charge is 0.342 e. The highest BCUT2D eigenvalue weighted by Gasteiger charge is 2.21. The quantitative estimate of drug-likeness (QED) is 0.813. The number of esters is 1. The second-order valence-corrected chi connectivity index (χ2v) is 5.79. The number of hydrogen-bond acceptors (Lipinski definition) is 4. The van der Waals surface area contributed by atoms with Crippen molar-refractivity contribution < 1.29 is 19.1 Å². The summed E-state index contributed by atoms with van der Waals surface area (Å²) in [6.45, 7) is 5.47. The van der Waals surface area contributed by atoms with Crippen LogP contribution in [0.25, 0.3) is 0 Å². The van der Waals surface area contributed by atoms with Crippen LogP contribution in [0.3, 0.4) is 0 Å². The van der Waals surface area contributed by atoms with Crippen molar-refractivity contribution in [2.24, 2.45) is 0 Å². The van der Waals surface area contributed by atoms with Crippen LogP contribution >= 0.6 is 0 Å². The van der Waals surface area contributed by atoms with Gasteiger partial charge in [-0.1, -0.05) is 30.7 Å². The minimum absolute atomic E-state index is 0.300. The molecule has 5 heteroatoms. The Hall–Kier alpha value is -2.82. The van der Waals surface area contributed by atoms with Crippen LogP contribution in [0, 0.1) is 6.92 Å². The monoisotopic (exact) mass is 341 g/mol. The van der Waals surface area contributed by atoms with E-state index in [2.05, 4.69) is 12.2 Å². The van der Waals surface area contributed by atoms with Gasteiger partial charge in [0.25, 0.3) is 5.91 Å². The number of anilines is 1. The average Bonchev–Trinajstić information content (AvgIpc) is 2.62. The third-order valence-electron chi connectivity index (χ3n) is 3.86. The zero-order valence-electron chi connectivity index (χ0n) is 15.0. The number of carbonyl (C=O) groups is 2. The van der Waals surface area contributed by atoms with Gasteiger partial charge >= 0.3 is 5.97 Å². The molecule has 2 aromatic rings. The second-order valence-electron chi connectivity index (χ2n) is 5.79. The molecule has 1 N–H and O–H groups in total. The average molecular weight is 341 g/mol. The van der Waals surface area contributed by atoms with Crippen molar-refractivity contribution in [3.8, 4) is 5.75 Å². The van der Waals surface area contributed by atoms with E-state index in [9.17, 15) is 9.59 Å². The summed E-state index contributed by atoms with van der Waals surface area (Å²) in [6.07, 6.45) is 0.00387. The van der Waals surface area contributed by atoms with Crippen LogP contribution in [0.15, 0.2) is 42.5 Å². The Labute approximate surface area is 148 Å². The van der Waals surface area contributed by atoms with Gasteiger partial charge in [0.05, 0.1) is 7.11 Å². The zero-order chi connectivity index (χ0) is 18.4. The lowest BCUT2D eigenvalue weighted by Crippen LogP contribution is -2.30. The molecule has 0 aliphatic carbocycles. The van der Waals surface area contributed by atoms with E-state index in [1.807, 2.05) is 37.3 Å². The van der Waals surface area contributed by atoms with Crippen LogP contribution in [-0.2, 0) is 16.0 Å². The number of aryl methyl sites for hydroxylation is 2. The van der Waals surface area contributed by atoms with Crippen molar-refractivity contribution in [2.75, 3.05) is 12.4 Å². The summed E-state index contributed by atoms with van der Waals surface area (Å²) >= 11 is 0. The van der Waals surface area contributed by atoms with Crippen LogP contribution in [0.1, 0.15) is 35.3 Å². The molecule has 1 atom stereocenters. The molecule has 0 aliphatic rings. The molecule has 25 heavy (non-hydrogen) atoms. The van der Waals surface area contributed by atoms with Crippen LogP contribution in [0.4, 0.5) is 5.69 Å². The van der Waals surface area contributed by atoms with Crippen molar-refractivity contribution >= 4 is 17.6 Å². The Balaban J connectivity index is 2.02. The van der Waals surface area contributed by atoms with E-state index in [0.717, 1.165) is 12.0 Å². The number of methoxy groups -OCH3 is 1. The van der Waals surface area contributed by atoms with Gasteiger partial charge in [0.2, 0.25) is 0 Å². The minimum Gasteiger partial charge on any atom is -0.496 e. The SMILES string of the molecule is CCc1ccc(NC(=O)[C@@H](C)OC(=O)c2cc(C)ccc2OC)cc1. The first-order valence-corrected chi connectivity index (χ1v) is 8.20. The van der Waals surface area contributed by atoms with Gasteiger partial charge in [-0.25, -0.2) is 4.79 Å². The number of rotatable bonds is 6. The summed E-state index contributed by atoms with van der Waals surface area (Å²) in [5.41, 5.74) is 3.05. The molecule has 2 rings (SSSR count). The van der Waals surface area contributed by atoms with E-state index in [1.54, 1.807) is 12.1 Å². The highest BCUT2D eigenvalue weighted by molar-refractivity contribution is 5.98. The molecule has 0 spiro atoms. The predicted octanol–water partition coefficient (Wildman–Crippen LogP) is 3.75. The predicted molar refractivity (Wildman–Crippen MR) is 97.1 cm³/mol. The fourth-order valence-electron chi connectivity index (χ4n) is 2.33. The molecule has 1 amide bonds. The lowest BCUT2D eigenvalue weighted by atomic mass is 10.1. The maximum absolute atomic E-state index is 12.3. The van der Waals surface area contributed by atoms with Crippen LogP contribution in [0.5, 0.6) is 5.75 Å². The van der Waals surface area contributed by atoms with E-state index < -0.39 is 12.1 Å². The standard InChI is InChI=1S/C20H23NO4/c1-5-15-7-9-16(10-8-15)21-19(22)14(3)25-20(23)17-12-13(2)6-11-18(17)24-4/h6-12,14H,5H2,1-4H3,(H,21,22)/t14-/m1/s1. The Kier molecular flexibility index (Phi) is 6.17. The highest BCUT2D eigenvalue weighted by Crippen LogP contribution is 2.21. The second kappa shape index (κ2) is 8.33. The molecule has 5 nitrogen and oxygen atoms in total. The normalized spacial score (nSPS) is 11.5. The molecule has 0 radical (unpaired) electrons. The number of hydrogen-bond donors (Lipinski definition) is 1. The first-order valence-electron chi connectivity index (χ1n) is 8.20. The molecule has 0 bridgehead atoms. The van der Waals surface area contributed by atoms with Crippen LogP contribution < -0.4 is 10.1 Å². The zero-order valence-corrected chi connectivity index (χ0v) is 15.0. The molecule has 0 fully saturated rings. The lowest BCUT2D eigenvalue weighted by Gasteiger charge is -2.15. The lowest BCUT2D eigenvalue weighted by molar-refractivity contribution is -0.123. The van der Waals surface area contributed by atoms with Gasteiger partial charge in [-0.2, -0.15) is 0 Å². The molecular formula is C20H23NO4. The first-order chi connectivity index (χ1) is 11.9. The van der Waals surface area contributed by atoms with E-state index in [-0.39, 0.29) is 5.91 Å². The molecule has 0 unspecified atom stereocenters. The Bertz CT molecular complexity index is 753. The minimum atomic E-state index is -0.927. The molecule has 0 heterocycles. The fourth-order valence-corrected chi connectivity index (χ4v) is 2.33. The summed E-state index contributed by atoms with van der Waals surface area (Å²) in [4.78, 5) is 24.6. The summed E-state index contributed by atoms with van der Waals surface area (Å²) in [6, 6.07) is 12.8. The summed E-state index contributed by atoms with van der Waals surface area (Å²) in [5, 5.41) is 2.74. The van der Waals surface area contributed by atoms with Crippen molar-refractivity contribution in [1.29, 1.82) is 0 Å². The summed E-state index contributed by atoms with van der Waals surface area (Å²) in [7, 11) is 1.48. The van der Waals surface area contributed by atoms with Gasteiger partial charge in [0, 0.05) is 5.69 Å². The van der Waals surface area contributed by atoms with Crippen molar-refractivity contribution in [1.82, 2.24) is 0 Å². The topological polar surface area (TPSA) is 64.6 Å². The number of amides is 1. The number of nitrogens with one attached hydrogen (secondary N) is 1. The Morgan fingerprint density at radius 1 is 1.12 bits per heavy atom. The molecular weight excluding hydrogens is 318 g/mol. The molecule has 2 aromatic carbocycles. The summed E-state index contributed by atoms with van der Waals surface area (Å²) in [5.74, 6) is -0.563. The molecule has 132 valence electrons. The molecule has 0 aromatic heterocycles. The van der Waals surface area contributed by atoms with Crippen molar-refractivity contribution in [3.63, 3.8) is 0 Å². The van der Waals surface area contributed by atoms with Gasteiger partial charge in [0.1, 0.15) is 11.3 Å². The van der Waals surface area contributed by atoms with Gasteiger partial charge < -0.3 is 14.8 Å². The van der Waals surface area contributed by atoms with Crippen molar-refractivity contribution in [3.05, 3.63) is 59.2 Å². The van der Waals surface area contributed by atoms with Gasteiger partial charge in [-0.15, -0.1) is 0 Å². The van der Waals surface area contributed by atoms with E-state index in [1.165, 1.54) is 19.6 Å². The number of benzene rings is 2. The van der Waals surface area contributed by atoms with Crippen molar-refractivity contribution in [2.45, 2.75) is 33.3 Å². The first kappa shape index (κ1) is 18.5. The van der Waals surface area contributed by atoms with E-state index in [4.69, 9.17) is 9.47 Å². The van der Waals surface area contributed by atoms with Gasteiger partial charge in [-0.05, 0) is 50.1 Å². The van der Waals surface area contributed by atoms with E-state index >= 15 is 0 Å². The Morgan fingerprint density at radius 2 is 1.80 bits per heavy atom. The highest BCUT2D eigenvalue weighted by atomic mass is 16.5.